The van der Waals surface area contributed by atoms with E-state index >= 15 is 0 Å². The van der Waals surface area contributed by atoms with E-state index < -0.39 is 0 Å². The highest BCUT2D eigenvalue weighted by Gasteiger charge is 2.42. The van der Waals surface area contributed by atoms with Crippen molar-refractivity contribution in [1.29, 1.82) is 0 Å². The molecule has 1 atom stereocenters. The van der Waals surface area contributed by atoms with Gasteiger partial charge in [-0.05, 0) is 52.4 Å². The molecule has 1 fully saturated rings. The zero-order chi connectivity index (χ0) is 15.7. The van der Waals surface area contributed by atoms with E-state index in [1.807, 2.05) is 0 Å². The first-order chi connectivity index (χ1) is 10.1. The van der Waals surface area contributed by atoms with Gasteiger partial charge in [0, 0.05) is 19.6 Å². The van der Waals surface area contributed by atoms with Gasteiger partial charge in [-0.2, -0.15) is 0 Å². The summed E-state index contributed by atoms with van der Waals surface area (Å²) in [5, 5.41) is 3.39. The summed E-state index contributed by atoms with van der Waals surface area (Å²) in [5.41, 5.74) is -0.125. The molecule has 1 aliphatic rings. The Kier molecular flexibility index (Phi) is 8.27. The predicted octanol–water partition coefficient (Wildman–Crippen LogP) is 2.35. The first-order valence-corrected chi connectivity index (χ1v) is 8.86. The summed E-state index contributed by atoms with van der Waals surface area (Å²) in [5.74, 6) is 0.386. The standard InChI is InChI=1S/C17H35N3O/c1-5-10-17(11-12-18-15-17)16(21)20(8-4)14-9-13-19(6-2)7-3/h18H,5-15H2,1-4H3. The molecule has 1 amide bonds. The first-order valence-electron chi connectivity index (χ1n) is 8.86. The van der Waals surface area contributed by atoms with E-state index in [0.717, 1.165) is 71.5 Å². The maximum absolute atomic E-state index is 13.0. The third kappa shape index (κ3) is 4.96. The zero-order valence-corrected chi connectivity index (χ0v) is 14.6. The van der Waals surface area contributed by atoms with Crippen molar-refractivity contribution in [2.75, 3.05) is 45.8 Å². The van der Waals surface area contributed by atoms with Crippen molar-refractivity contribution in [3.05, 3.63) is 0 Å². The van der Waals surface area contributed by atoms with Crippen LogP contribution in [0.25, 0.3) is 0 Å². The molecule has 0 aromatic heterocycles. The number of rotatable bonds is 10. The van der Waals surface area contributed by atoms with Gasteiger partial charge in [-0.15, -0.1) is 0 Å². The molecule has 1 aliphatic heterocycles. The number of carbonyl (C=O) groups excluding carboxylic acids is 1. The fraction of sp³-hybridized carbons (Fsp3) is 0.941. The molecule has 1 N–H and O–H groups in total. The Morgan fingerprint density at radius 3 is 2.29 bits per heavy atom. The van der Waals surface area contributed by atoms with E-state index in [0.29, 0.717) is 5.91 Å². The van der Waals surface area contributed by atoms with Crippen molar-refractivity contribution in [2.45, 2.75) is 53.4 Å². The lowest BCUT2D eigenvalue weighted by Gasteiger charge is -2.33. The normalized spacial score (nSPS) is 22.0. The van der Waals surface area contributed by atoms with Crippen LogP contribution in [0, 0.1) is 5.41 Å². The summed E-state index contributed by atoms with van der Waals surface area (Å²) >= 11 is 0. The Balaban J connectivity index is 2.55. The average molecular weight is 297 g/mol. The molecule has 1 unspecified atom stereocenters. The Hall–Kier alpha value is -0.610. The van der Waals surface area contributed by atoms with Gasteiger partial charge in [0.15, 0.2) is 0 Å². The molecule has 1 rings (SSSR count). The minimum atomic E-state index is -0.125. The lowest BCUT2D eigenvalue weighted by Crippen LogP contribution is -2.46. The van der Waals surface area contributed by atoms with Gasteiger partial charge in [0.2, 0.25) is 5.91 Å². The molecule has 124 valence electrons. The Labute approximate surface area is 131 Å². The molecule has 0 spiro atoms. The largest absolute Gasteiger partial charge is 0.342 e. The fourth-order valence-corrected chi connectivity index (χ4v) is 3.49. The van der Waals surface area contributed by atoms with Gasteiger partial charge in [-0.1, -0.05) is 27.2 Å². The lowest BCUT2D eigenvalue weighted by atomic mass is 9.81. The number of carbonyl (C=O) groups is 1. The second-order valence-corrected chi connectivity index (χ2v) is 6.22. The molecule has 0 aliphatic carbocycles. The van der Waals surface area contributed by atoms with Crippen LogP contribution in [-0.2, 0) is 4.79 Å². The minimum Gasteiger partial charge on any atom is -0.342 e. The SMILES string of the molecule is CCCC1(C(=O)N(CC)CCCN(CC)CC)CCNC1. The predicted molar refractivity (Wildman–Crippen MR) is 89.5 cm³/mol. The number of hydrogen-bond acceptors (Lipinski definition) is 3. The van der Waals surface area contributed by atoms with E-state index in [1.54, 1.807) is 0 Å². The fourth-order valence-electron chi connectivity index (χ4n) is 3.49. The highest BCUT2D eigenvalue weighted by atomic mass is 16.2. The molecule has 4 heteroatoms. The first kappa shape index (κ1) is 18.4. The van der Waals surface area contributed by atoms with Gasteiger partial charge in [0.25, 0.3) is 0 Å². The molecule has 0 saturated carbocycles. The van der Waals surface area contributed by atoms with Gasteiger partial charge < -0.3 is 15.1 Å². The van der Waals surface area contributed by atoms with E-state index in [2.05, 4.69) is 42.8 Å². The van der Waals surface area contributed by atoms with Crippen molar-refractivity contribution in [2.24, 2.45) is 5.41 Å². The van der Waals surface area contributed by atoms with Crippen molar-refractivity contribution in [1.82, 2.24) is 15.1 Å². The molecule has 1 saturated heterocycles. The molecule has 0 bridgehead atoms. The summed E-state index contributed by atoms with van der Waals surface area (Å²) in [6.07, 6.45) is 4.19. The summed E-state index contributed by atoms with van der Waals surface area (Å²) < 4.78 is 0. The van der Waals surface area contributed by atoms with Crippen molar-refractivity contribution < 1.29 is 4.79 Å². The molecule has 0 radical (unpaired) electrons. The van der Waals surface area contributed by atoms with Crippen LogP contribution in [0.15, 0.2) is 0 Å². The highest BCUT2D eigenvalue weighted by Crippen LogP contribution is 2.33. The van der Waals surface area contributed by atoms with Gasteiger partial charge in [0.1, 0.15) is 0 Å². The van der Waals surface area contributed by atoms with Crippen LogP contribution >= 0.6 is 0 Å². The van der Waals surface area contributed by atoms with Gasteiger partial charge in [-0.3, -0.25) is 4.79 Å². The van der Waals surface area contributed by atoms with E-state index in [1.165, 1.54) is 0 Å². The van der Waals surface area contributed by atoms with Crippen LogP contribution in [0.5, 0.6) is 0 Å². The Morgan fingerprint density at radius 1 is 1.10 bits per heavy atom. The van der Waals surface area contributed by atoms with E-state index in [-0.39, 0.29) is 5.41 Å². The summed E-state index contributed by atoms with van der Waals surface area (Å²) in [6, 6.07) is 0. The summed E-state index contributed by atoms with van der Waals surface area (Å²) in [6.45, 7) is 15.6. The van der Waals surface area contributed by atoms with Gasteiger partial charge in [0.05, 0.1) is 5.41 Å². The molecule has 0 aromatic carbocycles. The van der Waals surface area contributed by atoms with Crippen LogP contribution in [0.2, 0.25) is 0 Å². The molecule has 4 nitrogen and oxygen atoms in total. The van der Waals surface area contributed by atoms with E-state index in [9.17, 15) is 4.79 Å². The molecule has 21 heavy (non-hydrogen) atoms. The molecular formula is C17H35N3O. The van der Waals surface area contributed by atoms with Crippen LogP contribution in [0.4, 0.5) is 0 Å². The zero-order valence-electron chi connectivity index (χ0n) is 14.6. The summed E-state index contributed by atoms with van der Waals surface area (Å²) in [7, 11) is 0. The molecular weight excluding hydrogens is 262 g/mol. The third-order valence-electron chi connectivity index (χ3n) is 4.89. The minimum absolute atomic E-state index is 0.125. The van der Waals surface area contributed by atoms with Gasteiger partial charge >= 0.3 is 0 Å². The topological polar surface area (TPSA) is 35.6 Å². The smallest absolute Gasteiger partial charge is 0.230 e. The number of amides is 1. The quantitative estimate of drug-likeness (QED) is 0.672. The second-order valence-electron chi connectivity index (χ2n) is 6.22. The van der Waals surface area contributed by atoms with Crippen LogP contribution in [-0.4, -0.2) is 61.5 Å². The van der Waals surface area contributed by atoms with Crippen molar-refractivity contribution >= 4 is 5.91 Å². The molecule has 0 aromatic rings. The van der Waals surface area contributed by atoms with Crippen molar-refractivity contribution in [3.8, 4) is 0 Å². The maximum Gasteiger partial charge on any atom is 0.230 e. The van der Waals surface area contributed by atoms with Crippen LogP contribution < -0.4 is 5.32 Å². The Morgan fingerprint density at radius 2 is 1.81 bits per heavy atom. The van der Waals surface area contributed by atoms with Crippen molar-refractivity contribution in [3.63, 3.8) is 0 Å². The van der Waals surface area contributed by atoms with Gasteiger partial charge in [-0.25, -0.2) is 0 Å². The monoisotopic (exact) mass is 297 g/mol. The van der Waals surface area contributed by atoms with Crippen LogP contribution in [0.3, 0.4) is 0 Å². The second kappa shape index (κ2) is 9.42. The third-order valence-corrected chi connectivity index (χ3v) is 4.89. The highest BCUT2D eigenvalue weighted by molar-refractivity contribution is 5.83. The Bertz CT molecular complexity index is 296. The molecule has 1 heterocycles. The van der Waals surface area contributed by atoms with Crippen LogP contribution in [0.1, 0.15) is 53.4 Å². The average Bonchev–Trinajstić information content (AvgIpc) is 2.97. The number of nitrogens with zero attached hydrogens (tertiary/aromatic N) is 2. The number of hydrogen-bond donors (Lipinski definition) is 1. The summed E-state index contributed by atoms with van der Waals surface area (Å²) in [4.78, 5) is 17.5. The number of nitrogens with one attached hydrogen (secondary N) is 1. The maximum atomic E-state index is 13.0. The van der Waals surface area contributed by atoms with E-state index in [4.69, 9.17) is 0 Å². The lowest BCUT2D eigenvalue weighted by molar-refractivity contribution is -0.141.